The van der Waals surface area contributed by atoms with Crippen molar-refractivity contribution in [2.75, 3.05) is 5.75 Å². The highest BCUT2D eigenvalue weighted by molar-refractivity contribution is 7.85. The first kappa shape index (κ1) is 18.5. The Hall–Kier alpha value is -2.91. The maximum atomic E-state index is 12.5. The normalized spacial score (nSPS) is 13.1. The number of H-pyrrole nitrogens is 1. The van der Waals surface area contributed by atoms with Gasteiger partial charge in [0.1, 0.15) is 6.33 Å². The Labute approximate surface area is 164 Å². The topological polar surface area (TPSA) is 110 Å². The second kappa shape index (κ2) is 7.25. The highest BCUT2D eigenvalue weighted by Crippen LogP contribution is 2.23. The van der Waals surface area contributed by atoms with E-state index < -0.39 is 16.4 Å². The number of hydrogen-bond donors (Lipinski definition) is 2. The van der Waals surface area contributed by atoms with Gasteiger partial charge in [-0.05, 0) is 38.5 Å². The lowest BCUT2D eigenvalue weighted by molar-refractivity contribution is 0.0775. The zero-order valence-corrected chi connectivity index (χ0v) is 16.3. The maximum absolute atomic E-state index is 12.5. The molecule has 4 rings (SSSR count). The number of rotatable bonds is 6. The molecule has 1 atom stereocenters. The summed E-state index contributed by atoms with van der Waals surface area (Å²) >= 11 is 0. The van der Waals surface area contributed by atoms with Crippen molar-refractivity contribution in [3.63, 3.8) is 0 Å². The third-order valence-electron chi connectivity index (χ3n) is 4.32. The van der Waals surface area contributed by atoms with Crippen LogP contribution in [0.5, 0.6) is 0 Å². The van der Waals surface area contributed by atoms with Gasteiger partial charge in [-0.15, -0.1) is 0 Å². The van der Waals surface area contributed by atoms with Crippen LogP contribution < -0.4 is 0 Å². The highest BCUT2D eigenvalue weighted by Gasteiger charge is 2.16. The third kappa shape index (κ3) is 3.85. The summed E-state index contributed by atoms with van der Waals surface area (Å²) in [6.45, 7) is 3.42. The van der Waals surface area contributed by atoms with Gasteiger partial charge in [0.2, 0.25) is 0 Å². The Balaban J connectivity index is 1.64. The minimum atomic E-state index is -1.22. The van der Waals surface area contributed by atoms with E-state index >= 15 is 0 Å². The van der Waals surface area contributed by atoms with Gasteiger partial charge in [-0.3, -0.25) is 9.31 Å². The van der Waals surface area contributed by atoms with E-state index in [2.05, 4.69) is 25.3 Å². The third-order valence-corrected chi connectivity index (χ3v) is 5.65. The fourth-order valence-electron chi connectivity index (χ4n) is 2.80. The monoisotopic (exact) mass is 396 g/mol. The Morgan fingerprint density at radius 1 is 1.21 bits per heavy atom. The molecule has 0 aliphatic carbocycles. The molecule has 3 aromatic heterocycles. The zero-order chi connectivity index (χ0) is 19.7. The van der Waals surface area contributed by atoms with Gasteiger partial charge < -0.3 is 5.11 Å². The Morgan fingerprint density at radius 2 is 2.07 bits per heavy atom. The van der Waals surface area contributed by atoms with Gasteiger partial charge in [0, 0.05) is 22.9 Å². The first-order chi connectivity index (χ1) is 13.4. The molecular formula is C19H20N6O2S. The summed E-state index contributed by atoms with van der Waals surface area (Å²) in [5.74, 6) is 1.06. The molecule has 1 aromatic carbocycles. The van der Waals surface area contributed by atoms with Crippen LogP contribution in [0.15, 0.2) is 53.9 Å². The predicted molar refractivity (Wildman–Crippen MR) is 106 cm³/mol. The lowest BCUT2D eigenvalue weighted by Gasteiger charge is -2.16. The summed E-state index contributed by atoms with van der Waals surface area (Å²) < 4.78 is 14.2. The van der Waals surface area contributed by atoms with E-state index in [1.165, 1.54) is 6.33 Å². The van der Waals surface area contributed by atoms with Crippen molar-refractivity contribution in [1.82, 2.24) is 29.9 Å². The number of aliphatic hydroxyl groups is 1. The largest absolute Gasteiger partial charge is 0.390 e. The molecule has 0 saturated heterocycles. The molecule has 0 spiro atoms. The first-order valence-electron chi connectivity index (χ1n) is 8.81. The number of pyridine rings is 1. The smallest absolute Gasteiger partial charge is 0.162 e. The van der Waals surface area contributed by atoms with Crippen molar-refractivity contribution < 1.29 is 9.32 Å². The van der Waals surface area contributed by atoms with E-state index in [-0.39, 0.29) is 0 Å². The summed E-state index contributed by atoms with van der Waals surface area (Å²) in [5, 5.41) is 21.8. The average Bonchev–Trinajstić information content (AvgIpc) is 3.35. The molecule has 28 heavy (non-hydrogen) atoms. The van der Waals surface area contributed by atoms with Gasteiger partial charge in [-0.2, -0.15) is 10.2 Å². The zero-order valence-electron chi connectivity index (χ0n) is 15.5. The van der Waals surface area contributed by atoms with Gasteiger partial charge in [0.15, 0.2) is 11.5 Å². The highest BCUT2D eigenvalue weighted by atomic mass is 32.2. The van der Waals surface area contributed by atoms with Crippen LogP contribution >= 0.6 is 0 Å². The quantitative estimate of drug-likeness (QED) is 0.518. The van der Waals surface area contributed by atoms with E-state index in [1.54, 1.807) is 30.9 Å². The van der Waals surface area contributed by atoms with Crippen LogP contribution in [0.3, 0.4) is 0 Å². The molecule has 0 aliphatic heterocycles. The molecule has 0 unspecified atom stereocenters. The second-order valence-corrected chi connectivity index (χ2v) is 8.71. The average molecular weight is 396 g/mol. The van der Waals surface area contributed by atoms with E-state index in [1.807, 2.05) is 30.3 Å². The number of fused-ring (bicyclic) bond motifs is 1. The molecule has 9 heteroatoms. The second-order valence-electron chi connectivity index (χ2n) is 7.14. The summed E-state index contributed by atoms with van der Waals surface area (Å²) in [7, 11) is -1.22. The predicted octanol–water partition coefficient (Wildman–Crippen LogP) is 2.47. The number of aromatic amines is 1. The molecule has 0 fully saturated rings. The minimum Gasteiger partial charge on any atom is -0.390 e. The molecular weight excluding hydrogens is 376 g/mol. The van der Waals surface area contributed by atoms with Crippen LogP contribution in [0.25, 0.3) is 28.1 Å². The molecule has 0 amide bonds. The molecule has 0 radical (unpaired) electrons. The van der Waals surface area contributed by atoms with Crippen LogP contribution in [0.4, 0.5) is 0 Å². The summed E-state index contributed by atoms with van der Waals surface area (Å²) in [6.07, 6.45) is 5.24. The standard InChI is InChI=1S/C19H20N6O2S/c1-19(2,26)6-7-28(27)16-9-14-10-23-25(18(14)20-11-16)15-5-3-4-13(8-15)17-21-12-22-24-17/h3-5,8-12,26H,6-7H2,1-2H3,(H,21,22,24)/t28-/m0/s1. The van der Waals surface area contributed by atoms with Crippen molar-refractivity contribution in [2.45, 2.75) is 30.8 Å². The number of nitrogens with zero attached hydrogens (tertiary/aromatic N) is 5. The van der Waals surface area contributed by atoms with E-state index in [0.717, 1.165) is 16.6 Å². The van der Waals surface area contributed by atoms with Crippen LogP contribution in [0.1, 0.15) is 20.3 Å². The van der Waals surface area contributed by atoms with Crippen LogP contribution in [0.2, 0.25) is 0 Å². The number of hydrogen-bond acceptors (Lipinski definition) is 6. The maximum Gasteiger partial charge on any atom is 0.162 e. The van der Waals surface area contributed by atoms with Gasteiger partial charge in [-0.25, -0.2) is 14.6 Å². The molecule has 0 aliphatic rings. The molecule has 8 nitrogen and oxygen atoms in total. The SMILES string of the molecule is CC(C)(O)CC[S@](=O)c1cnc2c(cnn2-c2cccc(-c3ncn[nH]3)c2)c1. The Morgan fingerprint density at radius 3 is 2.82 bits per heavy atom. The van der Waals surface area contributed by atoms with Crippen LogP contribution in [0, 0.1) is 0 Å². The molecule has 2 N–H and O–H groups in total. The van der Waals surface area contributed by atoms with Crippen LogP contribution in [-0.2, 0) is 10.8 Å². The number of benzene rings is 1. The van der Waals surface area contributed by atoms with Crippen molar-refractivity contribution >= 4 is 21.8 Å². The lowest BCUT2D eigenvalue weighted by Crippen LogP contribution is -2.21. The van der Waals surface area contributed by atoms with Gasteiger partial charge in [0.25, 0.3) is 0 Å². The Bertz CT molecular complexity index is 1130. The van der Waals surface area contributed by atoms with Crippen molar-refractivity contribution in [1.29, 1.82) is 0 Å². The summed E-state index contributed by atoms with van der Waals surface area (Å²) in [5.41, 5.74) is 1.57. The lowest BCUT2D eigenvalue weighted by atomic mass is 10.1. The van der Waals surface area contributed by atoms with Crippen molar-refractivity contribution in [3.05, 3.63) is 49.1 Å². The molecule has 4 aromatic rings. The van der Waals surface area contributed by atoms with Gasteiger partial charge in [-0.1, -0.05) is 12.1 Å². The van der Waals surface area contributed by atoms with Crippen molar-refractivity contribution in [2.24, 2.45) is 0 Å². The van der Waals surface area contributed by atoms with E-state index in [9.17, 15) is 9.32 Å². The molecule has 144 valence electrons. The fraction of sp³-hybridized carbons (Fsp3) is 0.263. The van der Waals surface area contributed by atoms with Crippen LogP contribution in [-0.4, -0.2) is 50.6 Å². The number of aromatic nitrogens is 6. The summed E-state index contributed by atoms with van der Waals surface area (Å²) in [4.78, 5) is 9.29. The number of nitrogens with one attached hydrogen (secondary N) is 1. The van der Waals surface area contributed by atoms with E-state index in [4.69, 9.17) is 0 Å². The molecule has 3 heterocycles. The Kier molecular flexibility index (Phi) is 4.78. The molecule has 0 saturated carbocycles. The molecule has 0 bridgehead atoms. The van der Waals surface area contributed by atoms with Gasteiger partial charge in [0.05, 0.1) is 33.2 Å². The fourth-order valence-corrected chi connectivity index (χ4v) is 4.15. The minimum absolute atomic E-state index is 0.379. The van der Waals surface area contributed by atoms with E-state index in [0.29, 0.717) is 28.5 Å². The van der Waals surface area contributed by atoms with Gasteiger partial charge >= 0.3 is 0 Å². The van der Waals surface area contributed by atoms with Crippen molar-refractivity contribution in [3.8, 4) is 17.1 Å². The summed E-state index contributed by atoms with van der Waals surface area (Å²) in [6, 6.07) is 9.58. The first-order valence-corrected chi connectivity index (χ1v) is 10.1.